The van der Waals surface area contributed by atoms with Gasteiger partial charge < -0.3 is 15.6 Å². The van der Waals surface area contributed by atoms with Gasteiger partial charge in [-0.2, -0.15) is 0 Å². The van der Waals surface area contributed by atoms with E-state index in [1.54, 1.807) is 0 Å². The third-order valence-electron chi connectivity index (χ3n) is 4.49. The number of nitrogens with one attached hydrogen (secondary N) is 1. The lowest BCUT2D eigenvalue weighted by molar-refractivity contribution is 0.493. The maximum atomic E-state index is 6.04. The Bertz CT molecular complexity index is 666. The van der Waals surface area contributed by atoms with Crippen molar-refractivity contribution in [2.45, 2.75) is 65.6 Å². The van der Waals surface area contributed by atoms with Crippen molar-refractivity contribution in [3.8, 4) is 0 Å². The molecule has 0 amide bonds. The van der Waals surface area contributed by atoms with Crippen molar-refractivity contribution in [2.24, 2.45) is 16.6 Å². The Morgan fingerprint density at radius 3 is 2.63 bits per heavy atom. The third kappa shape index (κ3) is 9.26. The molecule has 0 radical (unpaired) electrons. The molecule has 2 rings (SSSR count). The molecular formula is C21H34IN5. The predicted octanol–water partition coefficient (Wildman–Crippen LogP) is 4.36. The summed E-state index contributed by atoms with van der Waals surface area (Å²) in [7, 11) is 0. The van der Waals surface area contributed by atoms with Crippen molar-refractivity contribution in [2.75, 3.05) is 0 Å². The Hall–Kier alpha value is -1.57. The molecule has 1 unspecified atom stereocenters. The van der Waals surface area contributed by atoms with Gasteiger partial charge >= 0.3 is 0 Å². The summed E-state index contributed by atoms with van der Waals surface area (Å²) in [6.07, 6.45) is 8.39. The van der Waals surface area contributed by atoms with E-state index in [2.05, 4.69) is 64.9 Å². The summed E-state index contributed by atoms with van der Waals surface area (Å²) >= 11 is 0. The van der Waals surface area contributed by atoms with Gasteiger partial charge in [-0.15, -0.1) is 24.0 Å². The van der Waals surface area contributed by atoms with E-state index < -0.39 is 0 Å². The fourth-order valence-electron chi connectivity index (χ4n) is 2.95. The maximum Gasteiger partial charge on any atom is 0.189 e. The molecule has 1 aromatic carbocycles. The highest BCUT2D eigenvalue weighted by molar-refractivity contribution is 14.0. The number of rotatable bonds is 10. The number of guanidine groups is 1. The van der Waals surface area contributed by atoms with Crippen LogP contribution in [-0.4, -0.2) is 21.6 Å². The van der Waals surface area contributed by atoms with Crippen molar-refractivity contribution < 1.29 is 0 Å². The van der Waals surface area contributed by atoms with Gasteiger partial charge in [-0.05, 0) is 31.2 Å². The monoisotopic (exact) mass is 483 g/mol. The minimum atomic E-state index is 0. The van der Waals surface area contributed by atoms with Crippen molar-refractivity contribution in [1.82, 2.24) is 14.9 Å². The summed E-state index contributed by atoms with van der Waals surface area (Å²) in [4.78, 5) is 8.89. The zero-order valence-electron chi connectivity index (χ0n) is 16.8. The van der Waals surface area contributed by atoms with Crippen LogP contribution in [0.3, 0.4) is 0 Å². The number of halogens is 1. The first-order chi connectivity index (χ1) is 12.5. The number of nitrogens with two attached hydrogens (primary N) is 1. The highest BCUT2D eigenvalue weighted by Crippen LogP contribution is 2.08. The number of aryl methyl sites for hydroxylation is 2. The van der Waals surface area contributed by atoms with Gasteiger partial charge in [0, 0.05) is 25.0 Å². The molecule has 1 aromatic heterocycles. The van der Waals surface area contributed by atoms with Gasteiger partial charge in [0.2, 0.25) is 0 Å². The third-order valence-corrected chi connectivity index (χ3v) is 4.49. The molecule has 5 nitrogen and oxygen atoms in total. The predicted molar refractivity (Wildman–Crippen MR) is 124 cm³/mol. The number of nitrogens with zero attached hydrogens (tertiary/aromatic N) is 3. The second-order valence-electron chi connectivity index (χ2n) is 7.34. The smallest absolute Gasteiger partial charge is 0.189 e. The zero-order chi connectivity index (χ0) is 18.8. The Labute approximate surface area is 180 Å². The van der Waals surface area contributed by atoms with E-state index >= 15 is 0 Å². The first-order valence-electron chi connectivity index (χ1n) is 9.65. The second-order valence-corrected chi connectivity index (χ2v) is 7.34. The number of hydrogen-bond acceptors (Lipinski definition) is 2. The Morgan fingerprint density at radius 2 is 1.93 bits per heavy atom. The van der Waals surface area contributed by atoms with Crippen LogP contribution in [0.2, 0.25) is 0 Å². The van der Waals surface area contributed by atoms with Gasteiger partial charge in [0.15, 0.2) is 5.96 Å². The van der Waals surface area contributed by atoms with E-state index in [1.165, 1.54) is 18.4 Å². The number of hydrogen-bond donors (Lipinski definition) is 2. The fraction of sp³-hybridized carbons (Fsp3) is 0.524. The number of imidazole rings is 1. The Kier molecular flexibility index (Phi) is 11.1. The first-order valence-corrected chi connectivity index (χ1v) is 9.65. The largest absolute Gasteiger partial charge is 0.370 e. The van der Waals surface area contributed by atoms with Gasteiger partial charge in [-0.3, -0.25) is 0 Å². The number of aromatic nitrogens is 2. The van der Waals surface area contributed by atoms with Crippen LogP contribution in [0.25, 0.3) is 0 Å². The molecule has 0 saturated heterocycles. The highest BCUT2D eigenvalue weighted by Gasteiger charge is 2.06. The molecule has 6 heteroatoms. The van der Waals surface area contributed by atoms with E-state index in [-0.39, 0.29) is 24.0 Å². The van der Waals surface area contributed by atoms with Crippen molar-refractivity contribution >= 4 is 29.9 Å². The summed E-state index contributed by atoms with van der Waals surface area (Å²) in [6, 6.07) is 10.8. The van der Waals surface area contributed by atoms with Crippen LogP contribution in [0, 0.1) is 5.92 Å². The standard InChI is InChI=1S/C21H33N5.HI/c1-17(2)8-7-9-18(3)25-21(22)24-16-20-23-13-15-26(20)14-12-19-10-5-4-6-11-19;/h4-6,10-11,13,15,17-18H,7-9,12,14,16H2,1-3H3,(H3,22,24,25);1H. The molecule has 0 bridgehead atoms. The quantitative estimate of drug-likeness (QED) is 0.300. The molecule has 0 spiro atoms. The Morgan fingerprint density at radius 1 is 1.19 bits per heavy atom. The highest BCUT2D eigenvalue weighted by atomic mass is 127. The van der Waals surface area contributed by atoms with Crippen LogP contribution < -0.4 is 11.1 Å². The average Bonchev–Trinajstić information content (AvgIpc) is 3.06. The Balaban J connectivity index is 0.00000364. The summed E-state index contributed by atoms with van der Waals surface area (Å²) in [5, 5.41) is 3.28. The molecule has 3 N–H and O–H groups in total. The molecular weight excluding hydrogens is 449 g/mol. The van der Waals surface area contributed by atoms with Gasteiger partial charge in [0.25, 0.3) is 0 Å². The number of aliphatic imine (C=N–C) groups is 1. The number of benzene rings is 1. The second kappa shape index (κ2) is 12.8. The van der Waals surface area contributed by atoms with Crippen molar-refractivity contribution in [3.63, 3.8) is 0 Å². The van der Waals surface area contributed by atoms with Gasteiger partial charge in [-0.1, -0.05) is 57.0 Å². The van der Waals surface area contributed by atoms with Crippen LogP contribution in [-0.2, 0) is 19.5 Å². The normalized spacial score (nSPS) is 12.7. The molecule has 0 saturated carbocycles. The SMILES string of the molecule is CC(C)CCCC(C)NC(N)=NCc1nccn1CCc1ccccc1.I. The first kappa shape index (κ1) is 23.5. The van der Waals surface area contributed by atoms with Crippen LogP contribution in [0.15, 0.2) is 47.7 Å². The van der Waals surface area contributed by atoms with Crippen LogP contribution in [0.4, 0.5) is 0 Å². The lowest BCUT2D eigenvalue weighted by Crippen LogP contribution is -2.38. The fourth-order valence-corrected chi connectivity index (χ4v) is 2.95. The lowest BCUT2D eigenvalue weighted by Gasteiger charge is -2.15. The molecule has 0 aliphatic rings. The molecule has 0 fully saturated rings. The van der Waals surface area contributed by atoms with Gasteiger partial charge in [-0.25, -0.2) is 9.98 Å². The van der Waals surface area contributed by atoms with E-state index in [0.29, 0.717) is 18.5 Å². The minimum absolute atomic E-state index is 0. The lowest BCUT2D eigenvalue weighted by atomic mass is 10.0. The average molecular weight is 483 g/mol. The van der Waals surface area contributed by atoms with Gasteiger partial charge in [0.1, 0.15) is 12.4 Å². The van der Waals surface area contributed by atoms with Crippen LogP contribution in [0.5, 0.6) is 0 Å². The van der Waals surface area contributed by atoms with E-state index in [9.17, 15) is 0 Å². The van der Waals surface area contributed by atoms with E-state index in [1.807, 2.05) is 18.5 Å². The molecule has 1 heterocycles. The summed E-state index contributed by atoms with van der Waals surface area (Å²) in [6.45, 7) is 8.07. The molecule has 2 aromatic rings. The minimum Gasteiger partial charge on any atom is -0.370 e. The summed E-state index contributed by atoms with van der Waals surface area (Å²) in [5.41, 5.74) is 7.37. The summed E-state index contributed by atoms with van der Waals surface area (Å²) < 4.78 is 2.15. The molecule has 1 atom stereocenters. The van der Waals surface area contributed by atoms with Gasteiger partial charge in [0.05, 0.1) is 0 Å². The topological polar surface area (TPSA) is 68.2 Å². The van der Waals surface area contributed by atoms with Crippen molar-refractivity contribution in [3.05, 3.63) is 54.1 Å². The molecule has 150 valence electrons. The zero-order valence-corrected chi connectivity index (χ0v) is 19.1. The van der Waals surface area contributed by atoms with Crippen LogP contribution >= 0.6 is 24.0 Å². The molecule has 0 aliphatic carbocycles. The maximum absolute atomic E-state index is 6.04. The van der Waals surface area contributed by atoms with E-state index in [4.69, 9.17) is 5.73 Å². The van der Waals surface area contributed by atoms with Crippen molar-refractivity contribution in [1.29, 1.82) is 0 Å². The van der Waals surface area contributed by atoms with E-state index in [0.717, 1.165) is 31.1 Å². The molecule has 0 aliphatic heterocycles. The summed E-state index contributed by atoms with van der Waals surface area (Å²) in [5.74, 6) is 2.20. The molecule has 27 heavy (non-hydrogen) atoms. The van der Waals surface area contributed by atoms with Crippen LogP contribution in [0.1, 0.15) is 51.4 Å².